The first-order valence-corrected chi connectivity index (χ1v) is 12.0. The van der Waals surface area contributed by atoms with Crippen LogP contribution in [0.1, 0.15) is 43.0 Å². The number of hydrogen-bond acceptors (Lipinski definition) is 7. The van der Waals surface area contributed by atoms with E-state index in [-0.39, 0.29) is 24.4 Å². The highest BCUT2D eigenvalue weighted by atomic mass is 35.5. The summed E-state index contributed by atoms with van der Waals surface area (Å²) >= 11 is 12.5. The van der Waals surface area contributed by atoms with Crippen LogP contribution in [0.25, 0.3) is 11.2 Å². The number of carbonyl (C=O) groups excluding carboxylic acids is 1. The molecule has 1 aliphatic carbocycles. The number of fused-ring (bicyclic) bond motifs is 1. The lowest BCUT2D eigenvalue weighted by Crippen LogP contribution is -2.37. The minimum atomic E-state index is -0.221. The summed E-state index contributed by atoms with van der Waals surface area (Å²) in [5.74, 6) is 1.17. The molecule has 3 heterocycles. The van der Waals surface area contributed by atoms with Crippen molar-refractivity contribution in [1.29, 1.82) is 0 Å². The number of nitrogens with zero attached hydrogens (tertiary/aromatic N) is 4. The summed E-state index contributed by atoms with van der Waals surface area (Å²) in [4.78, 5) is 26.4. The molecule has 0 aliphatic heterocycles. The first kappa shape index (κ1) is 24.5. The van der Waals surface area contributed by atoms with E-state index < -0.39 is 0 Å². The molecule has 9 nitrogen and oxygen atoms in total. The van der Waals surface area contributed by atoms with Gasteiger partial charge in [0.2, 0.25) is 11.8 Å². The Hall–Kier alpha value is -2.62. The molecule has 0 aromatic carbocycles. The second-order valence-corrected chi connectivity index (χ2v) is 9.37. The fourth-order valence-electron chi connectivity index (χ4n) is 4.01. The number of aromatic nitrogens is 4. The summed E-state index contributed by atoms with van der Waals surface area (Å²) in [7, 11) is 3.39. The minimum absolute atomic E-state index is 0.142. The minimum Gasteiger partial charge on any atom is -0.475 e. The van der Waals surface area contributed by atoms with E-state index in [1.165, 1.54) is 12.4 Å². The van der Waals surface area contributed by atoms with Gasteiger partial charge in [0.1, 0.15) is 17.7 Å². The number of aryl methyl sites for hydroxylation is 1. The zero-order valence-electron chi connectivity index (χ0n) is 19.4. The van der Waals surface area contributed by atoms with Crippen molar-refractivity contribution >= 4 is 51.9 Å². The lowest BCUT2D eigenvalue weighted by Gasteiger charge is -2.27. The largest absolute Gasteiger partial charge is 0.475 e. The van der Waals surface area contributed by atoms with E-state index >= 15 is 0 Å². The third-order valence-electron chi connectivity index (χ3n) is 6.02. The van der Waals surface area contributed by atoms with Gasteiger partial charge in [0.05, 0.1) is 22.3 Å². The molecular weight excluding hydrogens is 479 g/mol. The number of amides is 1. The number of anilines is 2. The van der Waals surface area contributed by atoms with Crippen LogP contribution in [0.4, 0.5) is 11.6 Å². The molecule has 0 atom stereocenters. The van der Waals surface area contributed by atoms with Crippen LogP contribution in [-0.2, 0) is 11.8 Å². The SMILES string of the molecule is COCCOc1nc2c(cc1C(=O)NC1CCC(C)CC1)nc(Nc1c(Cl)cncc1Cl)n2C. The van der Waals surface area contributed by atoms with Crippen LogP contribution in [0.3, 0.4) is 0 Å². The Morgan fingerprint density at radius 2 is 1.85 bits per heavy atom. The number of carbonyl (C=O) groups is 1. The van der Waals surface area contributed by atoms with E-state index in [0.29, 0.717) is 50.9 Å². The van der Waals surface area contributed by atoms with Gasteiger partial charge in [0, 0.05) is 32.6 Å². The summed E-state index contributed by atoms with van der Waals surface area (Å²) in [6, 6.07) is 1.84. The smallest absolute Gasteiger partial charge is 0.257 e. The van der Waals surface area contributed by atoms with Gasteiger partial charge < -0.3 is 20.1 Å². The molecule has 11 heteroatoms. The zero-order valence-corrected chi connectivity index (χ0v) is 20.9. The van der Waals surface area contributed by atoms with Crippen molar-refractivity contribution in [2.75, 3.05) is 25.6 Å². The Morgan fingerprint density at radius 3 is 2.53 bits per heavy atom. The van der Waals surface area contributed by atoms with Gasteiger partial charge in [-0.15, -0.1) is 0 Å². The second kappa shape index (κ2) is 10.8. The molecule has 34 heavy (non-hydrogen) atoms. The van der Waals surface area contributed by atoms with Gasteiger partial charge >= 0.3 is 0 Å². The lowest BCUT2D eigenvalue weighted by molar-refractivity contribution is 0.0914. The van der Waals surface area contributed by atoms with Crippen molar-refractivity contribution in [1.82, 2.24) is 24.8 Å². The van der Waals surface area contributed by atoms with Gasteiger partial charge in [-0.2, -0.15) is 4.98 Å². The van der Waals surface area contributed by atoms with Crippen molar-refractivity contribution < 1.29 is 14.3 Å². The maximum Gasteiger partial charge on any atom is 0.257 e. The average molecular weight is 507 g/mol. The number of methoxy groups -OCH3 is 1. The summed E-state index contributed by atoms with van der Waals surface area (Å²) in [5, 5.41) is 7.00. The van der Waals surface area contributed by atoms with Crippen LogP contribution in [0, 0.1) is 5.92 Å². The topological polar surface area (TPSA) is 103 Å². The predicted octanol–water partition coefficient (Wildman–Crippen LogP) is 4.75. The van der Waals surface area contributed by atoms with Crippen molar-refractivity contribution in [2.45, 2.75) is 38.6 Å². The monoisotopic (exact) mass is 506 g/mol. The molecule has 1 aliphatic rings. The summed E-state index contributed by atoms with van der Waals surface area (Å²) < 4.78 is 12.7. The van der Waals surface area contributed by atoms with Crippen LogP contribution < -0.4 is 15.4 Å². The predicted molar refractivity (Wildman–Crippen MR) is 132 cm³/mol. The fraction of sp³-hybridized carbons (Fsp3) is 0.478. The van der Waals surface area contributed by atoms with Gasteiger partial charge in [-0.25, -0.2) is 4.98 Å². The van der Waals surface area contributed by atoms with Crippen molar-refractivity contribution in [3.63, 3.8) is 0 Å². The van der Waals surface area contributed by atoms with E-state index in [2.05, 4.69) is 32.5 Å². The first-order valence-electron chi connectivity index (χ1n) is 11.2. The van der Waals surface area contributed by atoms with Gasteiger partial charge in [0.25, 0.3) is 5.91 Å². The van der Waals surface area contributed by atoms with E-state index in [4.69, 9.17) is 32.7 Å². The Morgan fingerprint density at radius 1 is 1.15 bits per heavy atom. The Labute approximate surface area is 208 Å². The second-order valence-electron chi connectivity index (χ2n) is 8.55. The van der Waals surface area contributed by atoms with Crippen LogP contribution in [0.2, 0.25) is 10.0 Å². The van der Waals surface area contributed by atoms with Crippen molar-refractivity contribution in [3.8, 4) is 5.88 Å². The molecule has 0 bridgehead atoms. The zero-order chi connectivity index (χ0) is 24.2. The molecule has 1 amide bonds. The molecule has 3 aromatic heterocycles. The average Bonchev–Trinajstić information content (AvgIpc) is 3.12. The maximum atomic E-state index is 13.2. The standard InChI is InChI=1S/C23H28Cl2N6O3/c1-13-4-6-14(7-5-13)27-21(32)15-10-18-20(30-22(15)34-9-8-33-3)31(2)23(28-18)29-19-16(24)11-26-12-17(19)25/h10-14H,4-9H2,1-3H3,(H,27,32)(H,26,28,29). The molecule has 0 radical (unpaired) electrons. The Kier molecular flexibility index (Phi) is 7.75. The molecule has 4 rings (SSSR count). The number of pyridine rings is 2. The molecule has 0 spiro atoms. The number of imidazole rings is 1. The molecule has 0 unspecified atom stereocenters. The Bertz CT molecular complexity index is 1160. The molecule has 182 valence electrons. The maximum absolute atomic E-state index is 13.2. The summed E-state index contributed by atoms with van der Waals surface area (Å²) in [5.41, 5.74) is 1.90. The highest BCUT2D eigenvalue weighted by Gasteiger charge is 2.24. The van der Waals surface area contributed by atoms with E-state index in [9.17, 15) is 4.79 Å². The summed E-state index contributed by atoms with van der Waals surface area (Å²) in [6.45, 7) is 2.89. The molecule has 1 fully saturated rings. The number of nitrogens with one attached hydrogen (secondary N) is 2. The van der Waals surface area contributed by atoms with Crippen LogP contribution in [-0.4, -0.2) is 51.8 Å². The summed E-state index contributed by atoms with van der Waals surface area (Å²) in [6.07, 6.45) is 7.13. The van der Waals surface area contributed by atoms with Crippen LogP contribution in [0.15, 0.2) is 18.5 Å². The van der Waals surface area contributed by atoms with E-state index in [0.717, 1.165) is 25.7 Å². The van der Waals surface area contributed by atoms with Gasteiger partial charge in [0.15, 0.2) is 5.65 Å². The molecule has 3 aromatic rings. The van der Waals surface area contributed by atoms with E-state index in [1.54, 1.807) is 24.8 Å². The lowest BCUT2D eigenvalue weighted by atomic mass is 9.87. The molecule has 1 saturated carbocycles. The third kappa shape index (κ3) is 5.37. The fourth-order valence-corrected chi connectivity index (χ4v) is 4.47. The van der Waals surface area contributed by atoms with Crippen LogP contribution >= 0.6 is 23.2 Å². The third-order valence-corrected chi connectivity index (χ3v) is 6.60. The molecular formula is C23H28Cl2N6O3. The molecule has 0 saturated heterocycles. The number of halogens is 2. The highest BCUT2D eigenvalue weighted by Crippen LogP contribution is 2.33. The number of ether oxygens (including phenoxy) is 2. The van der Waals surface area contributed by atoms with Gasteiger partial charge in [-0.1, -0.05) is 30.1 Å². The highest BCUT2D eigenvalue weighted by molar-refractivity contribution is 6.39. The van der Waals surface area contributed by atoms with Crippen molar-refractivity contribution in [2.24, 2.45) is 13.0 Å². The number of rotatable bonds is 8. The first-order chi connectivity index (χ1) is 16.4. The number of hydrogen-bond donors (Lipinski definition) is 2. The normalized spacial score (nSPS) is 18.1. The molecule has 2 N–H and O–H groups in total. The van der Waals surface area contributed by atoms with E-state index in [1.807, 2.05) is 0 Å². The van der Waals surface area contributed by atoms with Crippen molar-refractivity contribution in [3.05, 3.63) is 34.1 Å². The van der Waals surface area contributed by atoms with Gasteiger partial charge in [-0.3, -0.25) is 14.3 Å². The van der Waals surface area contributed by atoms with Gasteiger partial charge in [-0.05, 0) is 37.7 Å². The quantitative estimate of drug-likeness (QED) is 0.425. The van der Waals surface area contributed by atoms with Crippen LogP contribution in [0.5, 0.6) is 5.88 Å². The Balaban J connectivity index is 1.66.